The first-order chi connectivity index (χ1) is 9.15. The second-order valence-electron chi connectivity index (χ2n) is 4.32. The van der Waals surface area contributed by atoms with E-state index in [4.69, 9.17) is 9.52 Å². The third-order valence-corrected chi connectivity index (χ3v) is 3.01. The van der Waals surface area contributed by atoms with Gasteiger partial charge >= 0.3 is 5.97 Å². The summed E-state index contributed by atoms with van der Waals surface area (Å²) in [6.07, 6.45) is 0. The van der Waals surface area contributed by atoms with Crippen LogP contribution in [0.15, 0.2) is 46.9 Å². The molecule has 2 aromatic carbocycles. The Labute approximate surface area is 109 Å². The van der Waals surface area contributed by atoms with Gasteiger partial charge in [-0.1, -0.05) is 18.2 Å². The highest BCUT2D eigenvalue weighted by Gasteiger charge is 2.12. The lowest BCUT2D eigenvalue weighted by Crippen LogP contribution is -1.94. The lowest BCUT2D eigenvalue weighted by molar-refractivity contribution is 0.0697. The van der Waals surface area contributed by atoms with Crippen LogP contribution in [0.5, 0.6) is 0 Å². The van der Waals surface area contributed by atoms with Gasteiger partial charge in [0.1, 0.15) is 5.52 Å². The topological polar surface area (TPSA) is 63.3 Å². The molecule has 1 heterocycles. The standard InChI is InChI=1S/C15H11NO3/c1-9-4-2-3-5-11(9)14-16-12-8-10(15(17)18)6-7-13(12)19-14/h2-8H,1H3,(H,17,18). The molecule has 3 aromatic rings. The number of aryl methyl sites for hydroxylation is 1. The molecule has 0 spiro atoms. The van der Waals surface area contributed by atoms with Crippen molar-refractivity contribution in [1.82, 2.24) is 4.98 Å². The number of carboxylic acids is 1. The van der Waals surface area contributed by atoms with Gasteiger partial charge in [0.05, 0.1) is 5.56 Å². The quantitative estimate of drug-likeness (QED) is 0.759. The summed E-state index contributed by atoms with van der Waals surface area (Å²) < 4.78 is 5.67. The fraction of sp³-hybridized carbons (Fsp3) is 0.0667. The van der Waals surface area contributed by atoms with E-state index in [2.05, 4.69) is 4.98 Å². The van der Waals surface area contributed by atoms with E-state index < -0.39 is 5.97 Å². The number of nitrogens with zero attached hydrogens (tertiary/aromatic N) is 1. The summed E-state index contributed by atoms with van der Waals surface area (Å²) in [7, 11) is 0. The van der Waals surface area contributed by atoms with Crippen LogP contribution in [-0.2, 0) is 0 Å². The maximum absolute atomic E-state index is 10.9. The molecule has 0 radical (unpaired) electrons. The molecule has 3 rings (SSSR count). The van der Waals surface area contributed by atoms with Crippen LogP contribution in [0.4, 0.5) is 0 Å². The van der Waals surface area contributed by atoms with Crippen molar-refractivity contribution in [2.75, 3.05) is 0 Å². The van der Waals surface area contributed by atoms with E-state index in [-0.39, 0.29) is 5.56 Å². The largest absolute Gasteiger partial charge is 0.478 e. The number of carboxylic acid groups (broad SMARTS) is 1. The summed E-state index contributed by atoms with van der Waals surface area (Å²) in [4.78, 5) is 15.3. The van der Waals surface area contributed by atoms with Crippen molar-refractivity contribution >= 4 is 17.1 Å². The van der Waals surface area contributed by atoms with Crippen LogP contribution in [0.1, 0.15) is 15.9 Å². The highest BCUT2D eigenvalue weighted by molar-refractivity contribution is 5.92. The number of oxazole rings is 1. The van der Waals surface area contributed by atoms with Gasteiger partial charge in [-0.25, -0.2) is 9.78 Å². The van der Waals surface area contributed by atoms with Crippen molar-refractivity contribution < 1.29 is 14.3 Å². The Balaban J connectivity index is 2.17. The highest BCUT2D eigenvalue weighted by Crippen LogP contribution is 2.27. The van der Waals surface area contributed by atoms with Gasteiger partial charge in [-0.3, -0.25) is 0 Å². The van der Waals surface area contributed by atoms with Gasteiger partial charge in [0.2, 0.25) is 5.89 Å². The zero-order chi connectivity index (χ0) is 13.4. The number of carbonyl (C=O) groups is 1. The number of hydrogen-bond acceptors (Lipinski definition) is 3. The normalized spacial score (nSPS) is 10.8. The van der Waals surface area contributed by atoms with Crippen LogP contribution in [0.25, 0.3) is 22.6 Å². The third kappa shape index (κ3) is 1.97. The summed E-state index contributed by atoms with van der Waals surface area (Å²) in [5, 5.41) is 8.95. The van der Waals surface area contributed by atoms with Crippen molar-refractivity contribution in [1.29, 1.82) is 0 Å². The van der Waals surface area contributed by atoms with E-state index in [1.165, 1.54) is 12.1 Å². The first-order valence-electron chi connectivity index (χ1n) is 5.85. The van der Waals surface area contributed by atoms with E-state index in [0.29, 0.717) is 17.0 Å². The summed E-state index contributed by atoms with van der Waals surface area (Å²) in [5.41, 5.74) is 3.32. The van der Waals surface area contributed by atoms with Crippen LogP contribution in [-0.4, -0.2) is 16.1 Å². The van der Waals surface area contributed by atoms with Gasteiger partial charge in [0.25, 0.3) is 0 Å². The van der Waals surface area contributed by atoms with Gasteiger partial charge in [-0.2, -0.15) is 0 Å². The van der Waals surface area contributed by atoms with Gasteiger partial charge < -0.3 is 9.52 Å². The monoisotopic (exact) mass is 253 g/mol. The van der Waals surface area contributed by atoms with Crippen molar-refractivity contribution in [3.05, 3.63) is 53.6 Å². The molecule has 1 N–H and O–H groups in total. The number of fused-ring (bicyclic) bond motifs is 1. The molecule has 19 heavy (non-hydrogen) atoms. The first kappa shape index (κ1) is 11.5. The minimum absolute atomic E-state index is 0.206. The maximum Gasteiger partial charge on any atom is 0.335 e. The summed E-state index contributed by atoms with van der Waals surface area (Å²) in [6.45, 7) is 1.98. The molecule has 0 aliphatic carbocycles. The molecule has 0 saturated carbocycles. The van der Waals surface area contributed by atoms with E-state index in [9.17, 15) is 4.79 Å². The number of aromatic nitrogens is 1. The van der Waals surface area contributed by atoms with E-state index >= 15 is 0 Å². The minimum atomic E-state index is -0.970. The molecule has 0 aliphatic heterocycles. The minimum Gasteiger partial charge on any atom is -0.478 e. The van der Waals surface area contributed by atoms with Gasteiger partial charge in [-0.15, -0.1) is 0 Å². The molecule has 0 bridgehead atoms. The molecule has 4 heteroatoms. The summed E-state index contributed by atoms with van der Waals surface area (Å²) in [5.74, 6) is -0.460. The van der Waals surface area contributed by atoms with Crippen LogP contribution < -0.4 is 0 Å². The van der Waals surface area contributed by atoms with E-state index in [1.54, 1.807) is 6.07 Å². The average molecular weight is 253 g/mol. The van der Waals surface area contributed by atoms with Gasteiger partial charge in [-0.05, 0) is 36.8 Å². The molecule has 0 aliphatic rings. The fourth-order valence-corrected chi connectivity index (χ4v) is 1.99. The number of rotatable bonds is 2. The zero-order valence-electron chi connectivity index (χ0n) is 10.3. The van der Waals surface area contributed by atoms with Crippen LogP contribution in [0.3, 0.4) is 0 Å². The molecule has 4 nitrogen and oxygen atoms in total. The number of aromatic carboxylic acids is 1. The van der Waals surface area contributed by atoms with Crippen molar-refractivity contribution in [3.63, 3.8) is 0 Å². The first-order valence-corrected chi connectivity index (χ1v) is 5.85. The fourth-order valence-electron chi connectivity index (χ4n) is 1.99. The second kappa shape index (κ2) is 4.24. The molecular formula is C15H11NO3. The SMILES string of the molecule is Cc1ccccc1-c1nc2cc(C(=O)O)ccc2o1. The molecule has 1 aromatic heterocycles. The molecule has 0 atom stereocenters. The number of hydrogen-bond donors (Lipinski definition) is 1. The van der Waals surface area contributed by atoms with Crippen molar-refractivity contribution in [3.8, 4) is 11.5 Å². The molecule has 0 unspecified atom stereocenters. The average Bonchev–Trinajstić information content (AvgIpc) is 2.81. The summed E-state index contributed by atoms with van der Waals surface area (Å²) >= 11 is 0. The van der Waals surface area contributed by atoms with Crippen molar-refractivity contribution in [2.45, 2.75) is 6.92 Å². The zero-order valence-corrected chi connectivity index (χ0v) is 10.3. The lowest BCUT2D eigenvalue weighted by atomic mass is 10.1. The van der Waals surface area contributed by atoms with Crippen molar-refractivity contribution in [2.24, 2.45) is 0 Å². The highest BCUT2D eigenvalue weighted by atomic mass is 16.4. The molecule has 0 fully saturated rings. The van der Waals surface area contributed by atoms with Crippen LogP contribution >= 0.6 is 0 Å². The Kier molecular flexibility index (Phi) is 2.56. The molecule has 94 valence electrons. The Bertz CT molecular complexity index is 774. The number of benzene rings is 2. The Morgan fingerprint density at radius 1 is 1.21 bits per heavy atom. The smallest absolute Gasteiger partial charge is 0.335 e. The molecular weight excluding hydrogens is 242 g/mol. The summed E-state index contributed by atoms with van der Waals surface area (Å²) in [6, 6.07) is 12.4. The Morgan fingerprint density at radius 3 is 2.74 bits per heavy atom. The van der Waals surface area contributed by atoms with Crippen LogP contribution in [0, 0.1) is 6.92 Å². The second-order valence-corrected chi connectivity index (χ2v) is 4.32. The van der Waals surface area contributed by atoms with Gasteiger partial charge in [0, 0.05) is 5.56 Å². The molecule has 0 amide bonds. The Hall–Kier alpha value is -2.62. The van der Waals surface area contributed by atoms with E-state index in [1.807, 2.05) is 31.2 Å². The van der Waals surface area contributed by atoms with E-state index in [0.717, 1.165) is 11.1 Å². The Morgan fingerprint density at radius 2 is 2.00 bits per heavy atom. The van der Waals surface area contributed by atoms with Crippen LogP contribution in [0.2, 0.25) is 0 Å². The maximum atomic E-state index is 10.9. The predicted octanol–water partition coefficient (Wildman–Crippen LogP) is 3.50. The lowest BCUT2D eigenvalue weighted by Gasteiger charge is -1.98. The molecule has 0 saturated heterocycles. The third-order valence-electron chi connectivity index (χ3n) is 3.01. The predicted molar refractivity (Wildman–Crippen MR) is 71.1 cm³/mol. The van der Waals surface area contributed by atoms with Gasteiger partial charge in [0.15, 0.2) is 5.58 Å².